The second kappa shape index (κ2) is 6.02. The molecule has 0 saturated carbocycles. The van der Waals surface area contributed by atoms with Crippen LogP contribution in [0, 0.1) is 6.92 Å². The molecule has 4 nitrogen and oxygen atoms in total. The van der Waals surface area contributed by atoms with Crippen LogP contribution in [0.3, 0.4) is 0 Å². The highest BCUT2D eigenvalue weighted by atomic mass is 32.1. The summed E-state index contributed by atoms with van der Waals surface area (Å²) in [6.45, 7) is 2.05. The third-order valence-electron chi connectivity index (χ3n) is 3.93. The smallest absolute Gasteiger partial charge is 0.137 e. The fraction of sp³-hybridized carbons (Fsp3) is 0.105. The van der Waals surface area contributed by atoms with Gasteiger partial charge >= 0.3 is 0 Å². The molecule has 4 rings (SSSR count). The number of hydrogen-bond donors (Lipinski definition) is 1. The fourth-order valence-corrected chi connectivity index (χ4v) is 3.61. The van der Waals surface area contributed by atoms with E-state index >= 15 is 0 Å². The number of anilines is 2. The van der Waals surface area contributed by atoms with Crippen molar-refractivity contribution >= 4 is 27.7 Å². The zero-order valence-electron chi connectivity index (χ0n) is 13.5. The van der Waals surface area contributed by atoms with Crippen molar-refractivity contribution in [2.45, 2.75) is 6.92 Å². The molecular weight excluding hydrogens is 318 g/mol. The summed E-state index contributed by atoms with van der Waals surface area (Å²) in [5.74, 6) is 0.855. The first-order valence-corrected chi connectivity index (χ1v) is 8.56. The quantitative estimate of drug-likeness (QED) is 0.562. The molecule has 0 spiro atoms. The van der Waals surface area contributed by atoms with E-state index in [0.717, 1.165) is 33.5 Å². The van der Waals surface area contributed by atoms with Crippen LogP contribution < -0.4 is 10.1 Å². The molecule has 4 aromatic rings. The molecule has 120 valence electrons. The van der Waals surface area contributed by atoms with E-state index in [4.69, 9.17) is 4.74 Å². The molecular formula is C19H17N3OS. The van der Waals surface area contributed by atoms with Crippen LogP contribution >= 0.6 is 11.3 Å². The first kappa shape index (κ1) is 14.8. The van der Waals surface area contributed by atoms with Gasteiger partial charge in [-0.15, -0.1) is 11.3 Å². The summed E-state index contributed by atoms with van der Waals surface area (Å²) >= 11 is 1.69. The number of fused-ring (bicyclic) bond motifs is 1. The molecule has 0 aliphatic heterocycles. The van der Waals surface area contributed by atoms with Gasteiger partial charge < -0.3 is 10.1 Å². The van der Waals surface area contributed by atoms with Crippen molar-refractivity contribution in [2.75, 3.05) is 12.4 Å². The number of aryl methyl sites for hydroxylation is 1. The number of aromatic nitrogens is 2. The number of hydrogen-bond acceptors (Lipinski definition) is 4. The molecule has 3 heterocycles. The van der Waals surface area contributed by atoms with E-state index < -0.39 is 0 Å². The Balaban J connectivity index is 1.65. The summed E-state index contributed by atoms with van der Waals surface area (Å²) in [5, 5.41) is 6.70. The second-order valence-electron chi connectivity index (χ2n) is 5.53. The Kier molecular flexibility index (Phi) is 3.70. The van der Waals surface area contributed by atoms with Crippen molar-refractivity contribution < 1.29 is 4.74 Å². The molecule has 0 unspecified atom stereocenters. The second-order valence-corrected chi connectivity index (χ2v) is 6.44. The molecule has 3 aromatic heterocycles. The summed E-state index contributed by atoms with van der Waals surface area (Å²) in [6.07, 6.45) is 2.05. The van der Waals surface area contributed by atoms with Gasteiger partial charge in [0.05, 0.1) is 23.5 Å². The zero-order valence-corrected chi connectivity index (χ0v) is 14.3. The van der Waals surface area contributed by atoms with Gasteiger partial charge in [-0.2, -0.15) is 0 Å². The molecule has 0 aliphatic rings. The molecule has 0 bridgehead atoms. The minimum Gasteiger partial charge on any atom is -0.497 e. The molecule has 0 atom stereocenters. The molecule has 1 aromatic carbocycles. The van der Waals surface area contributed by atoms with E-state index in [1.54, 1.807) is 18.4 Å². The van der Waals surface area contributed by atoms with Crippen molar-refractivity contribution in [2.24, 2.45) is 0 Å². The molecule has 0 fully saturated rings. The number of methoxy groups -OCH3 is 1. The molecule has 0 amide bonds. The zero-order chi connectivity index (χ0) is 16.5. The maximum atomic E-state index is 5.19. The molecule has 5 heteroatoms. The Morgan fingerprint density at radius 1 is 1.12 bits per heavy atom. The van der Waals surface area contributed by atoms with Crippen LogP contribution in [0.4, 0.5) is 10.7 Å². The normalized spacial score (nSPS) is 10.9. The number of pyridine rings is 1. The highest BCUT2D eigenvalue weighted by molar-refractivity contribution is 7.14. The largest absolute Gasteiger partial charge is 0.497 e. The average Bonchev–Trinajstić information content (AvgIpc) is 3.18. The monoisotopic (exact) mass is 335 g/mol. The average molecular weight is 335 g/mol. The van der Waals surface area contributed by atoms with Crippen molar-refractivity contribution in [3.05, 3.63) is 65.8 Å². The number of benzene rings is 1. The first-order valence-electron chi connectivity index (χ1n) is 7.68. The Hall–Kier alpha value is -2.79. The van der Waals surface area contributed by atoms with Crippen LogP contribution in [-0.2, 0) is 0 Å². The van der Waals surface area contributed by atoms with Crippen molar-refractivity contribution in [3.63, 3.8) is 0 Å². The van der Waals surface area contributed by atoms with Gasteiger partial charge in [0.25, 0.3) is 0 Å². The van der Waals surface area contributed by atoms with Crippen molar-refractivity contribution in [1.82, 2.24) is 9.38 Å². The highest BCUT2D eigenvalue weighted by Gasteiger charge is 2.12. The lowest BCUT2D eigenvalue weighted by molar-refractivity contribution is 0.415. The Morgan fingerprint density at radius 3 is 2.75 bits per heavy atom. The molecule has 1 N–H and O–H groups in total. The number of nitrogens with one attached hydrogen (secondary N) is 1. The van der Waals surface area contributed by atoms with E-state index in [9.17, 15) is 0 Å². The SMILES string of the molecule is COc1ccc(Nc2cc(-c3c(C)nc4ccccn34)cs2)cc1. The number of thiophene rings is 1. The molecule has 0 saturated heterocycles. The summed E-state index contributed by atoms with van der Waals surface area (Å²) in [4.78, 5) is 4.64. The Morgan fingerprint density at radius 2 is 1.96 bits per heavy atom. The van der Waals surface area contributed by atoms with Crippen LogP contribution in [0.15, 0.2) is 60.1 Å². The Labute approximate surface area is 144 Å². The predicted octanol–water partition coefficient (Wildman–Crippen LogP) is 5.12. The van der Waals surface area contributed by atoms with E-state index in [-0.39, 0.29) is 0 Å². The third-order valence-corrected chi connectivity index (χ3v) is 4.78. The molecule has 24 heavy (non-hydrogen) atoms. The topological polar surface area (TPSA) is 38.6 Å². The maximum absolute atomic E-state index is 5.19. The van der Waals surface area contributed by atoms with Gasteiger partial charge in [-0.1, -0.05) is 6.07 Å². The van der Waals surface area contributed by atoms with Gasteiger partial charge in [0.15, 0.2) is 0 Å². The first-order chi connectivity index (χ1) is 11.7. The number of imidazole rings is 1. The molecule has 0 radical (unpaired) electrons. The number of ether oxygens (including phenoxy) is 1. The lowest BCUT2D eigenvalue weighted by Crippen LogP contribution is -1.89. The van der Waals surface area contributed by atoms with Gasteiger partial charge in [0.2, 0.25) is 0 Å². The van der Waals surface area contributed by atoms with Gasteiger partial charge in [-0.3, -0.25) is 4.40 Å². The summed E-state index contributed by atoms with van der Waals surface area (Å²) in [7, 11) is 1.67. The van der Waals surface area contributed by atoms with Crippen molar-refractivity contribution in [1.29, 1.82) is 0 Å². The van der Waals surface area contributed by atoms with Crippen LogP contribution in [-0.4, -0.2) is 16.5 Å². The standard InChI is InChI=1S/C19H17N3OS/c1-13-19(22-10-4-3-5-17(22)20-13)14-11-18(24-12-14)21-15-6-8-16(23-2)9-7-15/h3-12,21H,1-2H3. The number of nitrogens with zero attached hydrogens (tertiary/aromatic N) is 2. The van der Waals surface area contributed by atoms with Crippen LogP contribution in [0.25, 0.3) is 16.9 Å². The lowest BCUT2D eigenvalue weighted by atomic mass is 10.2. The van der Waals surface area contributed by atoms with E-state index in [0.29, 0.717) is 0 Å². The maximum Gasteiger partial charge on any atom is 0.137 e. The summed E-state index contributed by atoms with van der Waals surface area (Å²) < 4.78 is 7.33. The van der Waals surface area contributed by atoms with E-state index in [1.807, 2.05) is 42.5 Å². The van der Waals surface area contributed by atoms with Crippen LogP contribution in [0.1, 0.15) is 5.69 Å². The molecule has 0 aliphatic carbocycles. The van der Waals surface area contributed by atoms with E-state index in [1.165, 1.54) is 5.56 Å². The Bertz CT molecular complexity index is 985. The minimum atomic E-state index is 0.855. The third kappa shape index (κ3) is 2.63. The van der Waals surface area contributed by atoms with Gasteiger partial charge in [-0.25, -0.2) is 4.98 Å². The lowest BCUT2D eigenvalue weighted by Gasteiger charge is -2.04. The summed E-state index contributed by atoms with van der Waals surface area (Å²) in [5.41, 5.74) is 5.37. The van der Waals surface area contributed by atoms with Crippen LogP contribution in [0.5, 0.6) is 5.75 Å². The fourth-order valence-electron chi connectivity index (χ4n) is 2.80. The highest BCUT2D eigenvalue weighted by Crippen LogP contribution is 2.33. The van der Waals surface area contributed by atoms with Gasteiger partial charge in [0, 0.05) is 22.8 Å². The number of rotatable bonds is 4. The van der Waals surface area contributed by atoms with Gasteiger partial charge in [0.1, 0.15) is 11.4 Å². The van der Waals surface area contributed by atoms with Gasteiger partial charge in [-0.05, 0) is 49.4 Å². The summed E-state index contributed by atoms with van der Waals surface area (Å²) in [6, 6.07) is 16.2. The predicted molar refractivity (Wildman–Crippen MR) is 99.5 cm³/mol. The van der Waals surface area contributed by atoms with E-state index in [2.05, 4.69) is 39.3 Å². The van der Waals surface area contributed by atoms with Crippen LogP contribution in [0.2, 0.25) is 0 Å². The minimum absolute atomic E-state index is 0.855. The van der Waals surface area contributed by atoms with Crippen molar-refractivity contribution in [3.8, 4) is 17.0 Å².